The first-order valence-electron chi connectivity index (χ1n) is 6.57. The van der Waals surface area contributed by atoms with Gasteiger partial charge >= 0.3 is 5.97 Å². The predicted molar refractivity (Wildman–Crippen MR) is 66.8 cm³/mol. The van der Waals surface area contributed by atoms with Gasteiger partial charge in [0.1, 0.15) is 6.61 Å². The molecule has 2 atom stereocenters. The molecule has 0 aromatic rings. The lowest BCUT2D eigenvalue weighted by molar-refractivity contribution is -0.148. The molecule has 1 fully saturated rings. The third-order valence-electron chi connectivity index (χ3n) is 3.02. The standard InChI is InChI=1S/C13H25NO3/c1-4-17-13(15)10-16-6-5-14-8-11(2)7-12(3)9-14/h11-12H,4-10H2,1-3H3. The molecular formula is C13H25NO3. The van der Waals surface area contributed by atoms with Crippen molar-refractivity contribution >= 4 is 5.97 Å². The van der Waals surface area contributed by atoms with Gasteiger partial charge in [-0.1, -0.05) is 13.8 Å². The Morgan fingerprint density at radius 3 is 2.53 bits per heavy atom. The minimum absolute atomic E-state index is 0.0762. The number of hydrogen-bond donors (Lipinski definition) is 0. The Bertz CT molecular complexity index is 223. The van der Waals surface area contributed by atoms with E-state index in [2.05, 4.69) is 18.7 Å². The Morgan fingerprint density at radius 2 is 1.94 bits per heavy atom. The van der Waals surface area contributed by atoms with Crippen LogP contribution in [0.1, 0.15) is 27.2 Å². The van der Waals surface area contributed by atoms with Gasteiger partial charge in [-0.15, -0.1) is 0 Å². The van der Waals surface area contributed by atoms with Crippen LogP contribution in [0.25, 0.3) is 0 Å². The second-order valence-corrected chi connectivity index (χ2v) is 5.06. The number of esters is 1. The molecule has 0 N–H and O–H groups in total. The van der Waals surface area contributed by atoms with E-state index in [1.54, 1.807) is 6.92 Å². The average Bonchev–Trinajstić information content (AvgIpc) is 2.23. The van der Waals surface area contributed by atoms with E-state index < -0.39 is 0 Å². The van der Waals surface area contributed by atoms with Gasteiger partial charge in [-0.25, -0.2) is 4.79 Å². The number of rotatable bonds is 6. The first kappa shape index (κ1) is 14.5. The van der Waals surface area contributed by atoms with E-state index in [1.165, 1.54) is 6.42 Å². The van der Waals surface area contributed by atoms with Crippen molar-refractivity contribution in [2.24, 2.45) is 11.8 Å². The number of carbonyl (C=O) groups is 1. The van der Waals surface area contributed by atoms with Gasteiger partial charge in [0.15, 0.2) is 0 Å². The number of carbonyl (C=O) groups excluding carboxylic acids is 1. The molecule has 1 aliphatic rings. The van der Waals surface area contributed by atoms with Crippen molar-refractivity contribution in [3.63, 3.8) is 0 Å². The molecule has 1 heterocycles. The molecule has 0 saturated carbocycles. The van der Waals surface area contributed by atoms with E-state index in [4.69, 9.17) is 9.47 Å². The van der Waals surface area contributed by atoms with Gasteiger partial charge in [-0.2, -0.15) is 0 Å². The summed E-state index contributed by atoms with van der Waals surface area (Å²) >= 11 is 0. The van der Waals surface area contributed by atoms with Crippen LogP contribution in [0.2, 0.25) is 0 Å². The third-order valence-corrected chi connectivity index (χ3v) is 3.02. The van der Waals surface area contributed by atoms with E-state index in [0.29, 0.717) is 13.2 Å². The van der Waals surface area contributed by atoms with Crippen LogP contribution in [-0.2, 0) is 14.3 Å². The SMILES string of the molecule is CCOC(=O)COCCN1CC(C)CC(C)C1. The average molecular weight is 243 g/mol. The molecule has 100 valence electrons. The lowest BCUT2D eigenvalue weighted by Gasteiger charge is -2.34. The minimum Gasteiger partial charge on any atom is -0.464 e. The zero-order valence-corrected chi connectivity index (χ0v) is 11.3. The summed E-state index contributed by atoms with van der Waals surface area (Å²) < 4.78 is 10.1. The fraction of sp³-hybridized carbons (Fsp3) is 0.923. The van der Waals surface area contributed by atoms with Crippen LogP contribution in [0.3, 0.4) is 0 Å². The van der Waals surface area contributed by atoms with Crippen molar-refractivity contribution in [1.82, 2.24) is 4.90 Å². The summed E-state index contributed by atoms with van der Waals surface area (Å²) in [4.78, 5) is 13.5. The number of likely N-dealkylation sites (tertiary alicyclic amines) is 1. The monoisotopic (exact) mass is 243 g/mol. The minimum atomic E-state index is -0.270. The Labute approximate surface area is 104 Å². The van der Waals surface area contributed by atoms with Crippen LogP contribution < -0.4 is 0 Å². The number of piperidine rings is 1. The topological polar surface area (TPSA) is 38.8 Å². The van der Waals surface area contributed by atoms with E-state index in [0.717, 1.165) is 31.5 Å². The van der Waals surface area contributed by atoms with Gasteiger partial charge in [0.2, 0.25) is 0 Å². The fourth-order valence-corrected chi connectivity index (χ4v) is 2.53. The fourth-order valence-electron chi connectivity index (χ4n) is 2.53. The molecule has 1 aliphatic heterocycles. The van der Waals surface area contributed by atoms with Crippen molar-refractivity contribution in [2.45, 2.75) is 27.2 Å². The van der Waals surface area contributed by atoms with E-state index >= 15 is 0 Å². The maximum absolute atomic E-state index is 11.0. The van der Waals surface area contributed by atoms with Crippen LogP contribution in [0.15, 0.2) is 0 Å². The second-order valence-electron chi connectivity index (χ2n) is 5.06. The normalized spacial score (nSPS) is 25.8. The third kappa shape index (κ3) is 6.03. The molecule has 0 aromatic heterocycles. The molecule has 4 nitrogen and oxygen atoms in total. The van der Waals surface area contributed by atoms with Gasteiger partial charge < -0.3 is 14.4 Å². The van der Waals surface area contributed by atoms with Gasteiger partial charge in [0.05, 0.1) is 13.2 Å². The highest BCUT2D eigenvalue weighted by atomic mass is 16.6. The zero-order chi connectivity index (χ0) is 12.7. The summed E-state index contributed by atoms with van der Waals surface area (Å²) in [5, 5.41) is 0. The highest BCUT2D eigenvalue weighted by Crippen LogP contribution is 2.20. The largest absolute Gasteiger partial charge is 0.464 e. The summed E-state index contributed by atoms with van der Waals surface area (Å²) in [7, 11) is 0. The smallest absolute Gasteiger partial charge is 0.332 e. The molecule has 0 aromatic carbocycles. The molecule has 0 aliphatic carbocycles. The summed E-state index contributed by atoms with van der Waals surface area (Å²) in [5.74, 6) is 1.26. The Balaban J connectivity index is 2.08. The zero-order valence-electron chi connectivity index (χ0n) is 11.3. The van der Waals surface area contributed by atoms with Crippen molar-refractivity contribution in [3.8, 4) is 0 Å². The predicted octanol–water partition coefficient (Wildman–Crippen LogP) is 1.54. The van der Waals surface area contributed by atoms with Crippen molar-refractivity contribution in [2.75, 3.05) is 39.5 Å². The maximum atomic E-state index is 11.0. The van der Waals surface area contributed by atoms with Crippen LogP contribution in [0.4, 0.5) is 0 Å². The lowest BCUT2D eigenvalue weighted by Crippen LogP contribution is -2.40. The summed E-state index contributed by atoms with van der Waals surface area (Å²) in [6, 6.07) is 0. The highest BCUT2D eigenvalue weighted by molar-refractivity contribution is 5.70. The van der Waals surface area contributed by atoms with Crippen molar-refractivity contribution < 1.29 is 14.3 Å². The van der Waals surface area contributed by atoms with E-state index in [9.17, 15) is 4.79 Å². The first-order chi connectivity index (χ1) is 8.11. The second kappa shape index (κ2) is 7.67. The molecule has 0 bridgehead atoms. The van der Waals surface area contributed by atoms with E-state index in [1.807, 2.05) is 0 Å². The molecule has 0 amide bonds. The molecular weight excluding hydrogens is 218 g/mol. The van der Waals surface area contributed by atoms with Gasteiger partial charge in [-0.05, 0) is 25.2 Å². The highest BCUT2D eigenvalue weighted by Gasteiger charge is 2.21. The lowest BCUT2D eigenvalue weighted by atomic mass is 9.92. The van der Waals surface area contributed by atoms with Crippen LogP contribution in [0, 0.1) is 11.8 Å². The number of ether oxygens (including phenoxy) is 2. The van der Waals surface area contributed by atoms with Crippen molar-refractivity contribution in [1.29, 1.82) is 0 Å². The first-order valence-corrected chi connectivity index (χ1v) is 6.57. The molecule has 17 heavy (non-hydrogen) atoms. The summed E-state index contributed by atoms with van der Waals surface area (Å²) in [5.41, 5.74) is 0. The molecule has 1 rings (SSSR count). The van der Waals surface area contributed by atoms with Gasteiger partial charge in [0, 0.05) is 19.6 Å². The molecule has 4 heteroatoms. The number of hydrogen-bond acceptors (Lipinski definition) is 4. The van der Waals surface area contributed by atoms with Crippen LogP contribution >= 0.6 is 0 Å². The van der Waals surface area contributed by atoms with Gasteiger partial charge in [0.25, 0.3) is 0 Å². The van der Waals surface area contributed by atoms with Crippen molar-refractivity contribution in [3.05, 3.63) is 0 Å². The summed E-state index contributed by atoms with van der Waals surface area (Å²) in [6.07, 6.45) is 1.32. The van der Waals surface area contributed by atoms with Crippen LogP contribution in [-0.4, -0.2) is 50.3 Å². The molecule has 1 saturated heterocycles. The Morgan fingerprint density at radius 1 is 1.29 bits per heavy atom. The van der Waals surface area contributed by atoms with Gasteiger partial charge in [-0.3, -0.25) is 0 Å². The molecule has 0 radical (unpaired) electrons. The Hall–Kier alpha value is -0.610. The maximum Gasteiger partial charge on any atom is 0.332 e. The quantitative estimate of drug-likeness (QED) is 0.524. The molecule has 2 unspecified atom stereocenters. The summed E-state index contributed by atoms with van der Waals surface area (Å²) in [6.45, 7) is 10.7. The number of nitrogens with zero attached hydrogens (tertiary/aromatic N) is 1. The Kier molecular flexibility index (Phi) is 6.52. The molecule has 0 spiro atoms. The van der Waals surface area contributed by atoms with Crippen LogP contribution in [0.5, 0.6) is 0 Å². The van der Waals surface area contributed by atoms with E-state index in [-0.39, 0.29) is 12.6 Å².